The van der Waals surface area contributed by atoms with Gasteiger partial charge in [0.1, 0.15) is 11.2 Å². The molecule has 0 saturated heterocycles. The molecule has 0 aliphatic heterocycles. The SMILES string of the molecule is c1ccc(-c2ccc(N(c3ccc(-c4cccc([Si](c5ccccc5)(c5ccccc5)c5ccccc5)c4)cc3)c3ccc4c(c3)oc3ccc(-n5c6ccccc6c6ccccc65)cc34)cc2)cc1. The normalized spacial score (nSPS) is 11.7. The summed E-state index contributed by atoms with van der Waals surface area (Å²) in [6.45, 7) is 0. The van der Waals surface area contributed by atoms with Crippen molar-refractivity contribution in [1.29, 1.82) is 0 Å². The van der Waals surface area contributed by atoms with Crippen molar-refractivity contribution in [3.8, 4) is 27.9 Å². The van der Waals surface area contributed by atoms with Gasteiger partial charge in [0.2, 0.25) is 0 Å². The first kappa shape index (κ1) is 41.2. The smallest absolute Gasteiger partial charge is 0.179 e. The van der Waals surface area contributed by atoms with E-state index in [9.17, 15) is 0 Å². The lowest BCUT2D eigenvalue weighted by atomic mass is 10.0. The Morgan fingerprint density at radius 1 is 0.286 bits per heavy atom. The van der Waals surface area contributed by atoms with Gasteiger partial charge in [-0.25, -0.2) is 0 Å². The van der Waals surface area contributed by atoms with Crippen LogP contribution in [0.15, 0.2) is 283 Å². The van der Waals surface area contributed by atoms with E-state index < -0.39 is 8.07 Å². The van der Waals surface area contributed by atoms with Gasteiger partial charge in [-0.2, -0.15) is 0 Å². The minimum absolute atomic E-state index is 0.842. The fraction of sp³-hybridized carbons (Fsp3) is 0. The van der Waals surface area contributed by atoms with Crippen molar-refractivity contribution in [2.75, 3.05) is 4.90 Å². The number of hydrogen-bond donors (Lipinski definition) is 0. The van der Waals surface area contributed by atoms with Crippen LogP contribution in [0.3, 0.4) is 0 Å². The molecule has 2 heterocycles. The number of para-hydroxylation sites is 2. The molecular weight excluding hydrogens is 865 g/mol. The maximum absolute atomic E-state index is 6.72. The van der Waals surface area contributed by atoms with E-state index in [-0.39, 0.29) is 0 Å². The maximum atomic E-state index is 6.72. The highest BCUT2D eigenvalue weighted by Gasteiger charge is 2.41. The van der Waals surface area contributed by atoms with Crippen molar-refractivity contribution >= 4 is 89.6 Å². The summed E-state index contributed by atoms with van der Waals surface area (Å²) < 4.78 is 9.09. The third-order valence-corrected chi connectivity index (χ3v) is 18.9. The second kappa shape index (κ2) is 17.3. The molecule has 0 fully saturated rings. The van der Waals surface area contributed by atoms with Crippen LogP contribution in [-0.4, -0.2) is 12.6 Å². The number of nitrogens with zero attached hydrogens (tertiary/aromatic N) is 2. The fourth-order valence-corrected chi connectivity index (χ4v) is 15.7. The lowest BCUT2D eigenvalue weighted by molar-refractivity contribution is 0.669. The number of hydrogen-bond acceptors (Lipinski definition) is 2. The molecule has 0 spiro atoms. The van der Waals surface area contributed by atoms with E-state index in [1.54, 1.807) is 0 Å². The van der Waals surface area contributed by atoms with E-state index in [4.69, 9.17) is 4.42 Å². The molecule has 330 valence electrons. The molecule has 0 radical (unpaired) electrons. The van der Waals surface area contributed by atoms with Crippen molar-refractivity contribution in [2.45, 2.75) is 0 Å². The molecule has 0 unspecified atom stereocenters. The molecule has 0 aliphatic rings. The van der Waals surface area contributed by atoms with Gasteiger partial charge >= 0.3 is 0 Å². The third-order valence-electron chi connectivity index (χ3n) is 14.1. The van der Waals surface area contributed by atoms with Crippen LogP contribution < -0.4 is 25.6 Å². The highest BCUT2D eigenvalue weighted by Crippen LogP contribution is 2.41. The second-order valence-corrected chi connectivity index (χ2v) is 21.9. The van der Waals surface area contributed by atoms with Gasteiger partial charge in [-0.15, -0.1) is 0 Å². The summed E-state index contributed by atoms with van der Waals surface area (Å²) in [4.78, 5) is 2.34. The topological polar surface area (TPSA) is 21.3 Å². The monoisotopic (exact) mass is 910 g/mol. The Hall–Kier alpha value is -8.96. The van der Waals surface area contributed by atoms with Crippen LogP contribution in [-0.2, 0) is 0 Å². The zero-order valence-electron chi connectivity index (χ0n) is 38.4. The zero-order valence-corrected chi connectivity index (χ0v) is 39.4. The standard InChI is InChI=1S/C66H46N2OSi/c1-5-18-47(19-6-1)48-32-36-51(37-33-48)67(54-40-42-61-62-45-53(41-43-65(62)69-66(61)46-54)68-63-30-15-13-28-59(63)60-29-14-16-31-64(60)68)52-38-34-49(35-39-52)50-20-17-27-58(44-50)70(55-21-7-2-8-22-55,56-23-9-3-10-24-56)57-25-11-4-12-26-57/h1-46H. The van der Waals surface area contributed by atoms with Gasteiger partial charge in [-0.1, -0.05) is 206 Å². The summed E-state index contributed by atoms with van der Waals surface area (Å²) >= 11 is 0. The molecule has 70 heavy (non-hydrogen) atoms. The summed E-state index contributed by atoms with van der Waals surface area (Å²) in [6, 6.07) is 102. The van der Waals surface area contributed by atoms with Gasteiger partial charge < -0.3 is 13.9 Å². The van der Waals surface area contributed by atoms with Gasteiger partial charge in [0.25, 0.3) is 0 Å². The van der Waals surface area contributed by atoms with E-state index in [1.165, 1.54) is 59.2 Å². The van der Waals surface area contributed by atoms with Crippen LogP contribution in [0.5, 0.6) is 0 Å². The van der Waals surface area contributed by atoms with Crippen LogP contribution in [0.25, 0.3) is 71.7 Å². The first-order chi connectivity index (χ1) is 34.7. The van der Waals surface area contributed by atoms with Crippen molar-refractivity contribution in [1.82, 2.24) is 4.57 Å². The van der Waals surface area contributed by atoms with Crippen molar-refractivity contribution in [2.24, 2.45) is 0 Å². The molecule has 0 atom stereocenters. The largest absolute Gasteiger partial charge is 0.456 e. The van der Waals surface area contributed by atoms with Crippen LogP contribution in [0, 0.1) is 0 Å². The predicted molar refractivity (Wildman–Crippen MR) is 297 cm³/mol. The van der Waals surface area contributed by atoms with Crippen molar-refractivity contribution in [3.63, 3.8) is 0 Å². The summed E-state index contributed by atoms with van der Waals surface area (Å²) in [5.74, 6) is 0. The second-order valence-electron chi connectivity index (χ2n) is 18.1. The number of fused-ring (bicyclic) bond motifs is 6. The molecule has 4 heteroatoms. The van der Waals surface area contributed by atoms with E-state index in [0.29, 0.717) is 0 Å². The van der Waals surface area contributed by atoms with E-state index in [1.807, 2.05) is 0 Å². The third kappa shape index (κ3) is 6.96. The summed E-state index contributed by atoms with van der Waals surface area (Å²) in [7, 11) is -2.70. The summed E-state index contributed by atoms with van der Waals surface area (Å²) in [5, 5.41) is 10.1. The average Bonchev–Trinajstić information content (AvgIpc) is 3.98. The Morgan fingerprint density at radius 2 is 0.743 bits per heavy atom. The van der Waals surface area contributed by atoms with E-state index in [0.717, 1.165) is 50.3 Å². The molecule has 0 saturated carbocycles. The summed E-state index contributed by atoms with van der Waals surface area (Å²) in [6.07, 6.45) is 0. The predicted octanol–water partition coefficient (Wildman–Crippen LogP) is 14.9. The molecule has 13 aromatic rings. The Morgan fingerprint density at radius 3 is 1.31 bits per heavy atom. The first-order valence-corrected chi connectivity index (χ1v) is 26.0. The van der Waals surface area contributed by atoms with E-state index in [2.05, 4.69) is 289 Å². The molecule has 11 aromatic carbocycles. The molecule has 13 rings (SSSR count). The number of furan rings is 1. The lowest BCUT2D eigenvalue weighted by Gasteiger charge is -2.34. The molecule has 0 N–H and O–H groups in total. The Bertz CT molecular complexity index is 3830. The average molecular weight is 911 g/mol. The van der Waals surface area contributed by atoms with Gasteiger partial charge in [0.15, 0.2) is 8.07 Å². The summed E-state index contributed by atoms with van der Waals surface area (Å²) in [5.41, 5.74) is 13.0. The van der Waals surface area contributed by atoms with Crippen LogP contribution >= 0.6 is 0 Å². The Balaban J connectivity index is 0.913. The number of anilines is 3. The highest BCUT2D eigenvalue weighted by atomic mass is 28.3. The van der Waals surface area contributed by atoms with E-state index >= 15 is 0 Å². The first-order valence-electron chi connectivity index (χ1n) is 24.0. The fourth-order valence-electron chi connectivity index (χ4n) is 10.9. The van der Waals surface area contributed by atoms with Gasteiger partial charge in [0, 0.05) is 50.4 Å². The molecule has 0 bridgehead atoms. The van der Waals surface area contributed by atoms with Gasteiger partial charge in [-0.3, -0.25) is 0 Å². The van der Waals surface area contributed by atoms with Crippen molar-refractivity contribution in [3.05, 3.63) is 279 Å². The molecule has 3 nitrogen and oxygen atoms in total. The van der Waals surface area contributed by atoms with Crippen LogP contribution in [0.1, 0.15) is 0 Å². The molecular formula is C66H46N2OSi. The van der Waals surface area contributed by atoms with Crippen molar-refractivity contribution < 1.29 is 4.42 Å². The molecule has 0 amide bonds. The van der Waals surface area contributed by atoms with Crippen LogP contribution in [0.2, 0.25) is 0 Å². The van der Waals surface area contributed by atoms with Crippen LogP contribution in [0.4, 0.5) is 17.1 Å². The Kier molecular flexibility index (Phi) is 10.2. The lowest BCUT2D eigenvalue weighted by Crippen LogP contribution is -2.74. The minimum Gasteiger partial charge on any atom is -0.456 e. The minimum atomic E-state index is -2.70. The van der Waals surface area contributed by atoms with Gasteiger partial charge in [-0.05, 0) is 110 Å². The maximum Gasteiger partial charge on any atom is 0.179 e. The Labute approximate surface area is 408 Å². The molecule has 2 aromatic heterocycles. The van der Waals surface area contributed by atoms with Gasteiger partial charge in [0.05, 0.1) is 11.0 Å². The number of rotatable bonds is 10. The number of benzene rings is 11. The number of aromatic nitrogens is 1. The highest BCUT2D eigenvalue weighted by molar-refractivity contribution is 7.19. The molecule has 0 aliphatic carbocycles. The quantitative estimate of drug-likeness (QED) is 0.101. The zero-order chi connectivity index (χ0) is 46.4.